The zero-order chi connectivity index (χ0) is 27.7. The lowest BCUT2D eigenvalue weighted by Crippen LogP contribution is -2.38. The SMILES string of the molecule is Nc1ncc(N2CCOCC2)cc1N1CCOCC1.O=[N+]([O-])c1ncc(N2CCOCC2)cc1N1CCOCC1. The Morgan fingerprint density at radius 3 is 1.45 bits per heavy atom. The van der Waals surface area contributed by atoms with E-state index in [4.69, 9.17) is 24.7 Å². The fourth-order valence-corrected chi connectivity index (χ4v) is 5.11. The number of ether oxygens (including phenoxy) is 4. The second-order valence-corrected chi connectivity index (χ2v) is 9.79. The molecule has 6 rings (SSSR count). The maximum absolute atomic E-state index is 11.2. The molecule has 0 radical (unpaired) electrons. The first kappa shape index (κ1) is 28.1. The summed E-state index contributed by atoms with van der Waals surface area (Å²) in [5, 5.41) is 11.2. The van der Waals surface area contributed by atoms with E-state index in [0.29, 0.717) is 51.0 Å². The lowest BCUT2D eigenvalue weighted by Gasteiger charge is -2.32. The van der Waals surface area contributed by atoms with Crippen LogP contribution in [0.3, 0.4) is 0 Å². The molecule has 2 aromatic heterocycles. The summed E-state index contributed by atoms with van der Waals surface area (Å²) in [7, 11) is 0. The van der Waals surface area contributed by atoms with Crippen molar-refractivity contribution < 1.29 is 23.9 Å². The van der Waals surface area contributed by atoms with Gasteiger partial charge in [0.25, 0.3) is 0 Å². The van der Waals surface area contributed by atoms with Gasteiger partial charge in [0.2, 0.25) is 0 Å². The third-order valence-corrected chi connectivity index (χ3v) is 7.34. The van der Waals surface area contributed by atoms with E-state index < -0.39 is 4.92 Å². The standard InChI is InChI=1S/C13H18N4O4.C13H20N4O2/c18-17(19)13-12(16-3-7-21-8-4-16)9-11(10-14-13)15-1-5-20-6-2-15;14-13-12(17-3-7-19-8-4-17)9-11(10-15-13)16-1-5-18-6-2-16/h9-10H,1-8H2;9-10H,1-8H2,(H2,14,15). The van der Waals surface area contributed by atoms with Crippen molar-refractivity contribution in [3.63, 3.8) is 0 Å². The van der Waals surface area contributed by atoms with E-state index >= 15 is 0 Å². The van der Waals surface area contributed by atoms with E-state index in [2.05, 4.69) is 30.7 Å². The largest absolute Gasteiger partial charge is 0.387 e. The number of nitrogen functional groups attached to an aromatic ring is 1. The molecule has 0 saturated carbocycles. The predicted molar refractivity (Wildman–Crippen MR) is 152 cm³/mol. The molecule has 40 heavy (non-hydrogen) atoms. The maximum Gasteiger partial charge on any atom is 0.387 e. The molecule has 4 aliphatic rings. The topological polar surface area (TPSA) is 145 Å². The van der Waals surface area contributed by atoms with Crippen LogP contribution in [-0.4, -0.2) is 120 Å². The van der Waals surface area contributed by atoms with Crippen molar-refractivity contribution in [1.29, 1.82) is 0 Å². The van der Waals surface area contributed by atoms with E-state index in [-0.39, 0.29) is 5.82 Å². The van der Waals surface area contributed by atoms with Crippen LogP contribution < -0.4 is 25.3 Å². The number of pyridine rings is 2. The Bertz CT molecular complexity index is 1120. The molecule has 2 aromatic rings. The van der Waals surface area contributed by atoms with Gasteiger partial charge in [-0.1, -0.05) is 0 Å². The van der Waals surface area contributed by atoms with E-state index in [9.17, 15) is 10.1 Å². The molecule has 0 aliphatic carbocycles. The minimum Gasteiger partial charge on any atom is -0.382 e. The summed E-state index contributed by atoms with van der Waals surface area (Å²) in [6.45, 7) is 12.0. The van der Waals surface area contributed by atoms with Crippen molar-refractivity contribution in [2.75, 3.05) is 131 Å². The summed E-state index contributed by atoms with van der Waals surface area (Å²) in [4.78, 5) is 27.8. The fourth-order valence-electron chi connectivity index (χ4n) is 5.11. The van der Waals surface area contributed by atoms with Gasteiger partial charge in [0.1, 0.15) is 11.5 Å². The van der Waals surface area contributed by atoms with Gasteiger partial charge < -0.3 is 54.4 Å². The van der Waals surface area contributed by atoms with Crippen LogP contribution >= 0.6 is 0 Å². The Balaban J connectivity index is 0.000000162. The molecule has 2 N–H and O–H groups in total. The fraction of sp³-hybridized carbons (Fsp3) is 0.615. The van der Waals surface area contributed by atoms with Gasteiger partial charge in [-0.3, -0.25) is 0 Å². The van der Waals surface area contributed by atoms with Gasteiger partial charge in [0.05, 0.1) is 76.1 Å². The second-order valence-electron chi connectivity index (χ2n) is 9.79. The van der Waals surface area contributed by atoms with Crippen molar-refractivity contribution in [1.82, 2.24) is 9.97 Å². The highest BCUT2D eigenvalue weighted by Gasteiger charge is 2.25. The van der Waals surface area contributed by atoms with Crippen molar-refractivity contribution >= 4 is 34.4 Å². The predicted octanol–water partition coefficient (Wildman–Crippen LogP) is 1.00. The number of anilines is 5. The smallest absolute Gasteiger partial charge is 0.382 e. The number of hydrogen-bond acceptors (Lipinski definition) is 13. The van der Waals surface area contributed by atoms with Gasteiger partial charge in [-0.2, -0.15) is 0 Å². The van der Waals surface area contributed by atoms with Crippen molar-refractivity contribution in [3.8, 4) is 0 Å². The van der Waals surface area contributed by atoms with Crippen LogP contribution in [0.5, 0.6) is 0 Å². The lowest BCUT2D eigenvalue weighted by atomic mass is 10.2. The van der Waals surface area contributed by atoms with Crippen LogP contribution in [-0.2, 0) is 18.9 Å². The Hall–Kier alpha value is -3.46. The number of rotatable bonds is 5. The molecule has 0 spiro atoms. The Kier molecular flexibility index (Phi) is 9.65. The number of nitrogens with zero attached hydrogens (tertiary/aromatic N) is 7. The highest BCUT2D eigenvalue weighted by molar-refractivity contribution is 5.69. The van der Waals surface area contributed by atoms with Crippen molar-refractivity contribution in [2.45, 2.75) is 0 Å². The second kappa shape index (κ2) is 13.7. The Morgan fingerprint density at radius 2 is 1.00 bits per heavy atom. The molecule has 0 atom stereocenters. The molecule has 6 heterocycles. The maximum atomic E-state index is 11.2. The first-order valence-corrected chi connectivity index (χ1v) is 13.8. The number of morpholine rings is 4. The normalized spacial score (nSPS) is 20.1. The Labute approximate surface area is 233 Å². The minimum atomic E-state index is -0.423. The molecular weight excluding hydrogens is 520 g/mol. The molecule has 14 heteroatoms. The number of hydrogen-bond donors (Lipinski definition) is 1. The van der Waals surface area contributed by atoms with Gasteiger partial charge in [0, 0.05) is 52.4 Å². The highest BCUT2D eigenvalue weighted by atomic mass is 16.6. The van der Waals surface area contributed by atoms with Gasteiger partial charge in [0.15, 0.2) is 6.20 Å². The molecule has 14 nitrogen and oxygen atoms in total. The summed E-state index contributed by atoms with van der Waals surface area (Å²) >= 11 is 0. The first-order chi connectivity index (χ1) is 19.6. The highest BCUT2D eigenvalue weighted by Crippen LogP contribution is 2.31. The van der Waals surface area contributed by atoms with Gasteiger partial charge >= 0.3 is 5.82 Å². The summed E-state index contributed by atoms with van der Waals surface area (Å²) < 4.78 is 21.4. The monoisotopic (exact) mass is 558 g/mol. The van der Waals surface area contributed by atoms with Crippen LogP contribution in [0.2, 0.25) is 0 Å². The van der Waals surface area contributed by atoms with E-state index in [1.165, 1.54) is 0 Å². The summed E-state index contributed by atoms with van der Waals surface area (Å²) in [6.07, 6.45) is 3.43. The molecule has 0 unspecified atom stereocenters. The third-order valence-electron chi connectivity index (χ3n) is 7.34. The van der Waals surface area contributed by atoms with Crippen LogP contribution in [0, 0.1) is 10.1 Å². The Morgan fingerprint density at radius 1 is 0.625 bits per heavy atom. The molecule has 4 saturated heterocycles. The van der Waals surface area contributed by atoms with Gasteiger partial charge in [-0.15, -0.1) is 0 Å². The van der Waals surface area contributed by atoms with E-state index in [1.807, 2.05) is 17.2 Å². The molecule has 4 aliphatic heterocycles. The average Bonchev–Trinajstić information content (AvgIpc) is 3.03. The molecule has 4 fully saturated rings. The summed E-state index contributed by atoms with van der Waals surface area (Å²) in [5.74, 6) is 0.507. The first-order valence-electron chi connectivity index (χ1n) is 13.8. The third kappa shape index (κ3) is 6.99. The van der Waals surface area contributed by atoms with E-state index in [0.717, 1.165) is 82.8 Å². The molecule has 0 amide bonds. The molecule has 0 bridgehead atoms. The quantitative estimate of drug-likeness (QED) is 0.412. The zero-order valence-corrected chi connectivity index (χ0v) is 22.8. The molecular formula is C26H38N8O6. The van der Waals surface area contributed by atoms with Crippen LogP contribution in [0.15, 0.2) is 24.5 Å². The summed E-state index contributed by atoms with van der Waals surface area (Å²) in [6, 6.07) is 4.00. The zero-order valence-electron chi connectivity index (χ0n) is 22.8. The number of nitrogens with two attached hydrogens (primary N) is 1. The molecule has 0 aromatic carbocycles. The number of aromatic nitrogens is 2. The molecule has 218 valence electrons. The minimum absolute atomic E-state index is 0.0890. The summed E-state index contributed by atoms with van der Waals surface area (Å²) in [5.41, 5.74) is 9.64. The van der Waals surface area contributed by atoms with Crippen LogP contribution in [0.1, 0.15) is 0 Å². The number of nitro groups is 1. The lowest BCUT2D eigenvalue weighted by molar-refractivity contribution is -0.388. The van der Waals surface area contributed by atoms with Crippen LogP contribution in [0.4, 0.5) is 34.4 Å². The van der Waals surface area contributed by atoms with Crippen molar-refractivity contribution in [3.05, 3.63) is 34.6 Å². The van der Waals surface area contributed by atoms with E-state index in [1.54, 1.807) is 6.20 Å². The van der Waals surface area contributed by atoms with Gasteiger partial charge in [-0.05, 0) is 22.0 Å². The van der Waals surface area contributed by atoms with Crippen LogP contribution in [0.25, 0.3) is 0 Å². The van der Waals surface area contributed by atoms with Gasteiger partial charge in [-0.25, -0.2) is 4.98 Å². The average molecular weight is 559 g/mol. The van der Waals surface area contributed by atoms with Crippen molar-refractivity contribution in [2.24, 2.45) is 0 Å².